The minimum Gasteiger partial charge on any atom is -0.405 e. The average molecular weight is 579 g/mol. The number of hydrogen-bond acceptors (Lipinski definition) is 5. The average Bonchev–Trinajstić information content (AvgIpc) is 3.67. The number of likely N-dealkylation sites (tertiary alicyclic amines) is 1. The number of rotatable bonds is 6. The molecule has 4 rings (SSSR count). The van der Waals surface area contributed by atoms with Crippen molar-refractivity contribution in [2.45, 2.75) is 55.2 Å². The van der Waals surface area contributed by atoms with Crippen LogP contribution in [-0.4, -0.2) is 67.8 Å². The predicted molar refractivity (Wildman–Crippen MR) is 126 cm³/mol. The molecule has 0 unspecified atom stereocenters. The van der Waals surface area contributed by atoms with Gasteiger partial charge in [0, 0.05) is 37.0 Å². The van der Waals surface area contributed by atoms with Crippen molar-refractivity contribution >= 4 is 21.7 Å². The van der Waals surface area contributed by atoms with Gasteiger partial charge in [-0.05, 0) is 62.1 Å². The molecule has 0 spiro atoms. The summed E-state index contributed by atoms with van der Waals surface area (Å²) in [5.74, 6) is -2.31. The fourth-order valence-electron chi connectivity index (χ4n) is 4.60. The molecule has 7 nitrogen and oxygen atoms in total. The summed E-state index contributed by atoms with van der Waals surface area (Å²) in [5.41, 5.74) is -1.52. The summed E-state index contributed by atoms with van der Waals surface area (Å²) < 4.78 is 106. The molecule has 2 fully saturated rings. The molecule has 1 saturated carbocycles. The molecule has 0 radical (unpaired) electrons. The highest BCUT2D eigenvalue weighted by atomic mass is 32.2. The molecule has 2 amide bonds. The van der Waals surface area contributed by atoms with Crippen molar-refractivity contribution in [3.8, 4) is 5.75 Å². The lowest BCUT2D eigenvalue weighted by molar-refractivity contribution is -0.274. The highest BCUT2D eigenvalue weighted by Gasteiger charge is 2.41. The largest absolute Gasteiger partial charge is 0.573 e. The van der Waals surface area contributed by atoms with E-state index in [0.29, 0.717) is 18.9 Å². The van der Waals surface area contributed by atoms with Gasteiger partial charge in [-0.3, -0.25) is 9.59 Å². The number of ether oxygens (including phenoxy) is 1. The first-order chi connectivity index (χ1) is 18.0. The van der Waals surface area contributed by atoms with Crippen LogP contribution in [0.25, 0.3) is 0 Å². The van der Waals surface area contributed by atoms with E-state index in [-0.39, 0.29) is 43.6 Å². The van der Waals surface area contributed by atoms with Crippen LogP contribution in [0.15, 0.2) is 47.4 Å². The smallest absolute Gasteiger partial charge is 0.405 e. The standard InChI is InChI=1S/C25H24F6N2O5S/c1-39(36,37)19-7-8-20(21(14-19)38-25(29,30)31)23(35)32-11-9-18(10-12-32)33(17-5-6-17)22(34)15-3-2-4-16(13-15)24(26,27)28/h2-4,7-8,13-14,17-18H,5-6,9-12H2,1H3. The lowest BCUT2D eigenvalue weighted by atomic mass is 10.00. The van der Waals surface area contributed by atoms with E-state index in [0.717, 1.165) is 36.6 Å². The van der Waals surface area contributed by atoms with Crippen LogP contribution in [-0.2, 0) is 16.0 Å². The van der Waals surface area contributed by atoms with Crippen LogP contribution >= 0.6 is 0 Å². The van der Waals surface area contributed by atoms with Crippen LogP contribution in [0.1, 0.15) is 52.0 Å². The Hall–Kier alpha value is -3.29. The number of hydrogen-bond donors (Lipinski definition) is 0. The Morgan fingerprint density at radius 3 is 2.08 bits per heavy atom. The van der Waals surface area contributed by atoms with Gasteiger partial charge in [0.05, 0.1) is 16.0 Å². The van der Waals surface area contributed by atoms with E-state index in [1.165, 1.54) is 11.0 Å². The molecule has 0 aromatic heterocycles. The molecule has 14 heteroatoms. The molecular weight excluding hydrogens is 554 g/mol. The molecule has 39 heavy (non-hydrogen) atoms. The number of carbonyl (C=O) groups excluding carboxylic acids is 2. The van der Waals surface area contributed by atoms with E-state index in [1.807, 2.05) is 0 Å². The maximum absolute atomic E-state index is 13.2. The van der Waals surface area contributed by atoms with Crippen molar-refractivity contribution in [1.82, 2.24) is 9.80 Å². The molecule has 1 aliphatic heterocycles. The monoisotopic (exact) mass is 578 g/mol. The van der Waals surface area contributed by atoms with E-state index in [4.69, 9.17) is 0 Å². The fourth-order valence-corrected chi connectivity index (χ4v) is 5.23. The molecule has 0 N–H and O–H groups in total. The van der Waals surface area contributed by atoms with Crippen molar-refractivity contribution in [3.63, 3.8) is 0 Å². The maximum Gasteiger partial charge on any atom is 0.573 e. The molecule has 1 aliphatic carbocycles. The first kappa shape index (κ1) is 28.7. The van der Waals surface area contributed by atoms with Gasteiger partial charge in [-0.15, -0.1) is 13.2 Å². The zero-order valence-electron chi connectivity index (χ0n) is 20.6. The van der Waals surface area contributed by atoms with Gasteiger partial charge in [-0.2, -0.15) is 13.2 Å². The molecule has 2 aliphatic rings. The van der Waals surface area contributed by atoms with Gasteiger partial charge in [0.1, 0.15) is 5.75 Å². The Morgan fingerprint density at radius 1 is 0.923 bits per heavy atom. The van der Waals surface area contributed by atoms with Gasteiger partial charge in [-0.25, -0.2) is 8.42 Å². The fraction of sp³-hybridized carbons (Fsp3) is 0.440. The minimum absolute atomic E-state index is 0.0574. The number of amides is 2. The van der Waals surface area contributed by atoms with Crippen molar-refractivity contribution in [3.05, 3.63) is 59.2 Å². The number of carbonyl (C=O) groups is 2. The number of nitrogens with zero attached hydrogens (tertiary/aromatic N) is 2. The molecule has 0 bridgehead atoms. The summed E-state index contributed by atoms with van der Waals surface area (Å²) in [6.07, 6.45) is -7.09. The van der Waals surface area contributed by atoms with E-state index in [2.05, 4.69) is 4.74 Å². The Balaban J connectivity index is 1.51. The zero-order chi connectivity index (χ0) is 28.8. The Labute approximate surface area is 220 Å². The second-order valence-corrected chi connectivity index (χ2v) is 11.5. The third kappa shape index (κ3) is 6.84. The van der Waals surface area contributed by atoms with Crippen LogP contribution in [0.4, 0.5) is 26.3 Å². The number of halogens is 6. The topological polar surface area (TPSA) is 84.0 Å². The predicted octanol–water partition coefficient (Wildman–Crippen LogP) is 4.92. The summed E-state index contributed by atoms with van der Waals surface area (Å²) in [6, 6.07) is 6.25. The second-order valence-electron chi connectivity index (χ2n) is 9.52. The Bertz CT molecular complexity index is 1360. The van der Waals surface area contributed by atoms with Gasteiger partial charge < -0.3 is 14.5 Å². The van der Waals surface area contributed by atoms with Gasteiger partial charge >= 0.3 is 12.5 Å². The van der Waals surface area contributed by atoms with Crippen LogP contribution in [0, 0.1) is 0 Å². The number of sulfone groups is 1. The van der Waals surface area contributed by atoms with Crippen molar-refractivity contribution in [1.29, 1.82) is 0 Å². The normalized spacial score (nSPS) is 17.2. The first-order valence-corrected chi connectivity index (χ1v) is 13.8. The molecule has 0 atom stereocenters. The van der Waals surface area contributed by atoms with E-state index in [1.54, 1.807) is 4.90 Å². The first-order valence-electron chi connectivity index (χ1n) is 11.9. The third-order valence-electron chi connectivity index (χ3n) is 6.59. The lowest BCUT2D eigenvalue weighted by Gasteiger charge is -2.39. The minimum atomic E-state index is -5.17. The highest BCUT2D eigenvalue weighted by molar-refractivity contribution is 7.90. The van der Waals surface area contributed by atoms with Gasteiger partial charge in [0.2, 0.25) is 0 Å². The molecule has 1 saturated heterocycles. The highest BCUT2D eigenvalue weighted by Crippen LogP contribution is 2.36. The molecule has 2 aromatic carbocycles. The zero-order valence-corrected chi connectivity index (χ0v) is 21.4. The summed E-state index contributed by atoms with van der Waals surface area (Å²) in [4.78, 5) is 28.7. The molecule has 2 aromatic rings. The van der Waals surface area contributed by atoms with Crippen LogP contribution in [0.5, 0.6) is 5.75 Å². The van der Waals surface area contributed by atoms with Crippen LogP contribution < -0.4 is 4.74 Å². The number of benzene rings is 2. The summed E-state index contributed by atoms with van der Waals surface area (Å²) in [7, 11) is -3.88. The third-order valence-corrected chi connectivity index (χ3v) is 7.70. The Kier molecular flexibility index (Phi) is 7.63. The van der Waals surface area contributed by atoms with E-state index < -0.39 is 56.0 Å². The van der Waals surface area contributed by atoms with Gasteiger partial charge in [0.15, 0.2) is 9.84 Å². The maximum atomic E-state index is 13.2. The molecule has 212 valence electrons. The number of alkyl halides is 6. The summed E-state index contributed by atoms with van der Waals surface area (Å²) in [6.45, 7) is 0.115. The quantitative estimate of drug-likeness (QED) is 0.455. The summed E-state index contributed by atoms with van der Waals surface area (Å²) in [5, 5.41) is 0. The van der Waals surface area contributed by atoms with Crippen LogP contribution in [0.2, 0.25) is 0 Å². The van der Waals surface area contributed by atoms with E-state index in [9.17, 15) is 44.3 Å². The number of piperidine rings is 1. The van der Waals surface area contributed by atoms with Gasteiger partial charge in [-0.1, -0.05) is 6.07 Å². The molecular formula is C25H24F6N2O5S. The summed E-state index contributed by atoms with van der Waals surface area (Å²) >= 11 is 0. The Morgan fingerprint density at radius 2 is 1.54 bits per heavy atom. The van der Waals surface area contributed by atoms with Crippen molar-refractivity contribution < 1.29 is 49.1 Å². The second kappa shape index (κ2) is 10.4. The molecule has 1 heterocycles. The van der Waals surface area contributed by atoms with Gasteiger partial charge in [0.25, 0.3) is 11.8 Å². The SMILES string of the molecule is CS(=O)(=O)c1ccc(C(=O)N2CCC(N(C(=O)c3cccc(C(F)(F)F)c3)C3CC3)CC2)c(OC(F)(F)F)c1. The van der Waals surface area contributed by atoms with Crippen molar-refractivity contribution in [2.75, 3.05) is 19.3 Å². The van der Waals surface area contributed by atoms with Crippen molar-refractivity contribution in [2.24, 2.45) is 0 Å². The van der Waals surface area contributed by atoms with Crippen LogP contribution in [0.3, 0.4) is 0 Å². The lowest BCUT2D eigenvalue weighted by Crippen LogP contribution is -2.49. The van der Waals surface area contributed by atoms with E-state index >= 15 is 0 Å².